The van der Waals surface area contributed by atoms with E-state index in [0.717, 1.165) is 33.4 Å². The summed E-state index contributed by atoms with van der Waals surface area (Å²) in [5.41, 5.74) is 5.80. The van der Waals surface area contributed by atoms with E-state index in [-0.39, 0.29) is 46.2 Å². The van der Waals surface area contributed by atoms with E-state index >= 15 is 0 Å². The van der Waals surface area contributed by atoms with E-state index in [0.29, 0.717) is 13.2 Å². The van der Waals surface area contributed by atoms with Gasteiger partial charge < -0.3 is 52.1 Å². The Morgan fingerprint density at radius 1 is 0.400 bits per heavy atom. The van der Waals surface area contributed by atoms with Gasteiger partial charge in [-0.25, -0.2) is 0 Å². The first-order valence-electron chi connectivity index (χ1n) is 24.0. The summed E-state index contributed by atoms with van der Waals surface area (Å²) >= 11 is 0. The molecule has 12 heteroatoms. The van der Waals surface area contributed by atoms with Gasteiger partial charge in [-0.3, -0.25) is 4.79 Å². The van der Waals surface area contributed by atoms with Crippen molar-refractivity contribution < 1.29 is 56.9 Å². The van der Waals surface area contributed by atoms with Crippen LogP contribution in [0.25, 0.3) is 0 Å². The number of carbonyl (C=O) groups excluding carboxylic acids is 1. The van der Waals surface area contributed by atoms with Crippen LogP contribution < -0.4 is 0 Å². The highest BCUT2D eigenvalue weighted by molar-refractivity contribution is 5.65. The highest BCUT2D eigenvalue weighted by Gasteiger charge is 2.54. The maximum Gasteiger partial charge on any atom is 0.302 e. The number of rotatable bonds is 25. The Morgan fingerprint density at radius 3 is 1.14 bits per heavy atom. The van der Waals surface area contributed by atoms with Crippen molar-refractivity contribution in [3.05, 3.63) is 215 Å². The molecular weight excluding hydrogens is 889 g/mol. The summed E-state index contributed by atoms with van der Waals surface area (Å²) in [5, 5.41) is 0. The second-order valence-electron chi connectivity index (χ2n) is 17.4. The molecule has 0 bridgehead atoms. The van der Waals surface area contributed by atoms with Crippen LogP contribution in [0, 0.1) is 5.92 Å². The van der Waals surface area contributed by atoms with Gasteiger partial charge >= 0.3 is 5.97 Å². The van der Waals surface area contributed by atoms with Gasteiger partial charge in [0.25, 0.3) is 0 Å². The van der Waals surface area contributed by atoms with Crippen molar-refractivity contribution in [2.75, 3.05) is 26.9 Å². The van der Waals surface area contributed by atoms with Crippen LogP contribution in [0.1, 0.15) is 40.3 Å². The molecule has 0 saturated carbocycles. The molecule has 12 nitrogen and oxygen atoms in total. The van der Waals surface area contributed by atoms with Crippen LogP contribution in [0.4, 0.5) is 0 Å². The number of esters is 1. The summed E-state index contributed by atoms with van der Waals surface area (Å²) in [6.07, 6.45) is -7.59. The third-order valence-electron chi connectivity index (χ3n) is 12.3. The summed E-state index contributed by atoms with van der Waals surface area (Å²) in [4.78, 5) is 12.6. The Balaban J connectivity index is 1.18. The summed E-state index contributed by atoms with van der Waals surface area (Å²) in [6.45, 7) is 3.13. The molecule has 2 aliphatic heterocycles. The first kappa shape index (κ1) is 50.8. The molecule has 0 spiro atoms. The van der Waals surface area contributed by atoms with Crippen LogP contribution in [0.15, 0.2) is 182 Å². The zero-order chi connectivity index (χ0) is 48.2. The molecule has 0 aliphatic carbocycles. The Labute approximate surface area is 411 Å². The molecule has 70 heavy (non-hydrogen) atoms. The van der Waals surface area contributed by atoms with Gasteiger partial charge in [-0.15, -0.1) is 0 Å². The van der Waals surface area contributed by atoms with E-state index < -0.39 is 67.2 Å². The fourth-order valence-electron chi connectivity index (χ4n) is 8.73. The Morgan fingerprint density at radius 2 is 0.743 bits per heavy atom. The van der Waals surface area contributed by atoms with Gasteiger partial charge in [0.05, 0.1) is 77.6 Å². The second-order valence-corrected chi connectivity index (χ2v) is 17.4. The lowest BCUT2D eigenvalue weighted by Crippen LogP contribution is -2.65. The molecule has 2 saturated heterocycles. The third-order valence-corrected chi connectivity index (χ3v) is 12.3. The fraction of sp³-hybridized carbons (Fsp3) is 0.362. The molecule has 368 valence electrons. The number of benzene rings is 6. The van der Waals surface area contributed by atoms with Crippen LogP contribution in [0.3, 0.4) is 0 Å². The molecule has 0 amide bonds. The average molecular weight is 953 g/mol. The van der Waals surface area contributed by atoms with Crippen molar-refractivity contribution in [3.63, 3.8) is 0 Å². The SMILES string of the molecule is CO[C@H]1O[C@H](COCc2ccccc2)[C@@H](O[C@@H]2O[C@H](COCc3ccccc3)[C@@H](COC(C)=O)[C@H](OCc3ccccc3)[C@H]2OCc2ccccc2)[C@H](OCc2ccccc2)[C@H]1OCc1ccccc1. The number of methoxy groups -OCH3 is 1. The average Bonchev–Trinajstić information content (AvgIpc) is 3.40. The Bertz CT molecular complexity index is 2360. The first-order valence-corrected chi connectivity index (χ1v) is 24.0. The van der Waals surface area contributed by atoms with E-state index in [1.165, 1.54) is 6.92 Å². The largest absolute Gasteiger partial charge is 0.465 e. The van der Waals surface area contributed by atoms with E-state index in [1.807, 2.05) is 182 Å². The Hall–Kier alpha value is -5.61. The topological polar surface area (TPSA) is 119 Å². The molecule has 2 heterocycles. The lowest BCUT2D eigenvalue weighted by molar-refractivity contribution is -0.371. The minimum absolute atomic E-state index is 0.0255. The minimum Gasteiger partial charge on any atom is -0.465 e. The van der Waals surface area contributed by atoms with E-state index in [4.69, 9.17) is 52.1 Å². The van der Waals surface area contributed by atoms with Crippen molar-refractivity contribution in [2.24, 2.45) is 5.92 Å². The molecule has 10 atom stereocenters. The third kappa shape index (κ3) is 15.0. The Kier molecular flexibility index (Phi) is 19.7. The highest BCUT2D eigenvalue weighted by atomic mass is 16.8. The van der Waals surface area contributed by atoms with Gasteiger partial charge in [0.1, 0.15) is 30.5 Å². The molecule has 0 unspecified atom stereocenters. The molecule has 6 aromatic carbocycles. The number of hydrogen-bond acceptors (Lipinski definition) is 12. The zero-order valence-electron chi connectivity index (χ0n) is 39.9. The summed E-state index contributed by atoms with van der Waals surface area (Å²) in [6, 6.07) is 59.5. The van der Waals surface area contributed by atoms with Crippen LogP contribution in [0.2, 0.25) is 0 Å². The summed E-state index contributed by atoms with van der Waals surface area (Å²) < 4.78 is 73.9. The second kappa shape index (κ2) is 27.1. The number of hydrogen-bond donors (Lipinski definition) is 0. The van der Waals surface area contributed by atoms with Crippen LogP contribution >= 0.6 is 0 Å². The predicted molar refractivity (Wildman–Crippen MR) is 262 cm³/mol. The summed E-state index contributed by atoms with van der Waals surface area (Å²) in [7, 11) is 1.59. The lowest BCUT2D eigenvalue weighted by atomic mass is 9.88. The summed E-state index contributed by atoms with van der Waals surface area (Å²) in [5.74, 6) is -0.988. The van der Waals surface area contributed by atoms with Gasteiger partial charge in [0, 0.05) is 14.0 Å². The van der Waals surface area contributed by atoms with E-state index in [9.17, 15) is 4.79 Å². The fourth-order valence-corrected chi connectivity index (χ4v) is 8.73. The van der Waals surface area contributed by atoms with Crippen molar-refractivity contribution in [1.82, 2.24) is 0 Å². The molecule has 0 aromatic heterocycles. The molecule has 6 aromatic rings. The highest BCUT2D eigenvalue weighted by Crippen LogP contribution is 2.38. The molecular formula is C58H64O12. The number of carbonyl (C=O) groups is 1. The maximum absolute atomic E-state index is 12.6. The minimum atomic E-state index is -1.12. The van der Waals surface area contributed by atoms with Crippen molar-refractivity contribution in [2.45, 2.75) is 102 Å². The molecule has 0 N–H and O–H groups in total. The van der Waals surface area contributed by atoms with Gasteiger partial charge in [0.15, 0.2) is 12.6 Å². The van der Waals surface area contributed by atoms with Gasteiger partial charge in [0.2, 0.25) is 0 Å². The smallest absolute Gasteiger partial charge is 0.302 e. The normalized spacial score (nSPS) is 24.5. The van der Waals surface area contributed by atoms with Crippen LogP contribution in [0.5, 0.6) is 0 Å². The number of ether oxygens (including phenoxy) is 11. The van der Waals surface area contributed by atoms with Gasteiger partial charge in [-0.1, -0.05) is 182 Å². The van der Waals surface area contributed by atoms with Crippen LogP contribution in [-0.2, 0) is 96.5 Å². The van der Waals surface area contributed by atoms with E-state index in [1.54, 1.807) is 7.11 Å². The van der Waals surface area contributed by atoms with Gasteiger partial charge in [-0.2, -0.15) is 0 Å². The van der Waals surface area contributed by atoms with Crippen molar-refractivity contribution in [1.29, 1.82) is 0 Å². The quantitative estimate of drug-likeness (QED) is 0.0509. The molecule has 0 radical (unpaired) electrons. The van der Waals surface area contributed by atoms with Crippen LogP contribution in [-0.4, -0.2) is 88.2 Å². The molecule has 2 aliphatic rings. The monoisotopic (exact) mass is 952 g/mol. The predicted octanol–water partition coefficient (Wildman–Crippen LogP) is 9.42. The van der Waals surface area contributed by atoms with Gasteiger partial charge in [-0.05, 0) is 33.4 Å². The van der Waals surface area contributed by atoms with Crippen molar-refractivity contribution in [3.8, 4) is 0 Å². The molecule has 8 rings (SSSR count). The lowest BCUT2D eigenvalue weighted by Gasteiger charge is -2.50. The maximum atomic E-state index is 12.6. The zero-order valence-corrected chi connectivity index (χ0v) is 39.9. The van der Waals surface area contributed by atoms with E-state index in [2.05, 4.69) is 0 Å². The van der Waals surface area contributed by atoms with Crippen molar-refractivity contribution >= 4 is 5.97 Å². The first-order chi connectivity index (χ1) is 34.5. The molecule has 2 fully saturated rings. The standard InChI is InChI=1S/C58H64O12/c1-42(59)63-39-49-50(40-61-33-43-21-9-3-10-22-43)68-58(55(66-37-47-29-17-7-18-30-47)52(49)64-35-45-25-13-5-14-26-45)70-53-51(41-62-34-44-23-11-4-12-24-44)69-57(60-2)56(67-38-48-31-19-8-20-32-48)54(53)65-36-46-27-15-6-16-28-46/h3-32,49-58H,33-41H2,1-2H3/t49-,50-,51-,52+,53-,54+,55-,56-,57+,58+/m1/s1.